The predicted octanol–water partition coefficient (Wildman–Crippen LogP) is 0.206. The zero-order chi connectivity index (χ0) is 18.7. The molecule has 3 rings (SSSR count). The summed E-state index contributed by atoms with van der Waals surface area (Å²) in [5.74, 6) is -0.211. The SMILES string of the molecule is CC(C)NC(=O)CN1CCN(C(=O)c2n[nH]c(=O)c3ccccc23)CC1. The molecule has 1 aliphatic heterocycles. The second kappa shape index (κ2) is 7.65. The minimum atomic E-state index is -0.307. The first-order chi connectivity index (χ1) is 12.5. The topological polar surface area (TPSA) is 98.4 Å². The lowest BCUT2D eigenvalue weighted by molar-refractivity contribution is -0.123. The van der Waals surface area contributed by atoms with Crippen molar-refractivity contribution in [1.82, 2.24) is 25.3 Å². The van der Waals surface area contributed by atoms with Crippen LogP contribution in [0.5, 0.6) is 0 Å². The van der Waals surface area contributed by atoms with Gasteiger partial charge in [0.1, 0.15) is 0 Å². The van der Waals surface area contributed by atoms with Crippen molar-refractivity contribution >= 4 is 22.6 Å². The van der Waals surface area contributed by atoms with Crippen molar-refractivity contribution in [1.29, 1.82) is 0 Å². The van der Waals surface area contributed by atoms with Crippen LogP contribution in [0.4, 0.5) is 0 Å². The Morgan fingerprint density at radius 2 is 1.81 bits per heavy atom. The third-order valence-corrected chi connectivity index (χ3v) is 4.38. The lowest BCUT2D eigenvalue weighted by atomic mass is 10.1. The first kappa shape index (κ1) is 18.1. The molecule has 2 N–H and O–H groups in total. The highest BCUT2D eigenvalue weighted by Crippen LogP contribution is 2.15. The van der Waals surface area contributed by atoms with Gasteiger partial charge in [-0.05, 0) is 19.9 Å². The van der Waals surface area contributed by atoms with Crippen LogP contribution in [0.1, 0.15) is 24.3 Å². The van der Waals surface area contributed by atoms with Crippen LogP contribution in [-0.4, -0.2) is 70.6 Å². The number of hydrogen-bond donors (Lipinski definition) is 2. The third-order valence-electron chi connectivity index (χ3n) is 4.38. The van der Waals surface area contributed by atoms with E-state index in [0.29, 0.717) is 43.5 Å². The van der Waals surface area contributed by atoms with Crippen LogP contribution in [0.15, 0.2) is 29.1 Å². The number of fused-ring (bicyclic) bond motifs is 1. The fraction of sp³-hybridized carbons (Fsp3) is 0.444. The van der Waals surface area contributed by atoms with Crippen LogP contribution >= 0.6 is 0 Å². The second-order valence-electron chi connectivity index (χ2n) is 6.74. The molecule has 0 saturated carbocycles. The van der Waals surface area contributed by atoms with Gasteiger partial charge in [0.05, 0.1) is 11.9 Å². The van der Waals surface area contributed by atoms with Crippen molar-refractivity contribution in [3.8, 4) is 0 Å². The molecule has 8 heteroatoms. The van der Waals surface area contributed by atoms with E-state index in [1.807, 2.05) is 18.7 Å². The van der Waals surface area contributed by atoms with E-state index in [2.05, 4.69) is 15.5 Å². The predicted molar refractivity (Wildman–Crippen MR) is 98.0 cm³/mol. The van der Waals surface area contributed by atoms with Gasteiger partial charge < -0.3 is 10.2 Å². The van der Waals surface area contributed by atoms with E-state index in [4.69, 9.17) is 0 Å². The third kappa shape index (κ3) is 3.91. The number of carbonyl (C=O) groups is 2. The highest BCUT2D eigenvalue weighted by Gasteiger charge is 2.25. The molecule has 0 bridgehead atoms. The Morgan fingerprint density at radius 1 is 1.15 bits per heavy atom. The summed E-state index contributed by atoms with van der Waals surface area (Å²) in [6.07, 6.45) is 0. The Kier molecular flexibility index (Phi) is 5.32. The van der Waals surface area contributed by atoms with Gasteiger partial charge in [-0.3, -0.25) is 19.3 Å². The van der Waals surface area contributed by atoms with Crippen LogP contribution in [0.25, 0.3) is 10.8 Å². The zero-order valence-corrected chi connectivity index (χ0v) is 15.0. The van der Waals surface area contributed by atoms with Gasteiger partial charge in [-0.15, -0.1) is 0 Å². The second-order valence-corrected chi connectivity index (χ2v) is 6.74. The highest BCUT2D eigenvalue weighted by atomic mass is 16.2. The van der Waals surface area contributed by atoms with Gasteiger partial charge >= 0.3 is 0 Å². The molecular weight excluding hydrogens is 334 g/mol. The molecule has 0 aliphatic carbocycles. The smallest absolute Gasteiger partial charge is 0.275 e. The van der Waals surface area contributed by atoms with E-state index in [-0.39, 0.29) is 29.1 Å². The van der Waals surface area contributed by atoms with Crippen molar-refractivity contribution in [2.24, 2.45) is 0 Å². The number of aromatic amines is 1. The molecular formula is C18H23N5O3. The molecule has 2 aromatic rings. The first-order valence-electron chi connectivity index (χ1n) is 8.74. The number of piperazine rings is 1. The largest absolute Gasteiger partial charge is 0.353 e. The molecule has 1 aromatic heterocycles. The summed E-state index contributed by atoms with van der Waals surface area (Å²) in [6, 6.07) is 7.07. The molecule has 0 radical (unpaired) electrons. The minimum absolute atomic E-state index is 0.00641. The summed E-state index contributed by atoms with van der Waals surface area (Å²) in [7, 11) is 0. The number of hydrogen-bond acceptors (Lipinski definition) is 5. The minimum Gasteiger partial charge on any atom is -0.353 e. The zero-order valence-electron chi connectivity index (χ0n) is 15.0. The van der Waals surface area contributed by atoms with Crippen molar-refractivity contribution in [2.45, 2.75) is 19.9 Å². The van der Waals surface area contributed by atoms with E-state index < -0.39 is 0 Å². The Hall–Kier alpha value is -2.74. The molecule has 1 saturated heterocycles. The highest BCUT2D eigenvalue weighted by molar-refractivity contribution is 6.04. The lowest BCUT2D eigenvalue weighted by Gasteiger charge is -2.34. The van der Waals surface area contributed by atoms with Gasteiger partial charge in [-0.25, -0.2) is 5.10 Å². The van der Waals surface area contributed by atoms with Gasteiger partial charge in [0.15, 0.2) is 5.69 Å². The summed E-state index contributed by atoms with van der Waals surface area (Å²) in [5, 5.41) is 10.3. The van der Waals surface area contributed by atoms with Crippen molar-refractivity contribution in [3.05, 3.63) is 40.3 Å². The molecule has 2 heterocycles. The molecule has 0 spiro atoms. The summed E-state index contributed by atoms with van der Waals surface area (Å²) in [5.41, 5.74) is -0.0515. The maximum atomic E-state index is 12.8. The molecule has 138 valence electrons. The van der Waals surface area contributed by atoms with Gasteiger partial charge in [0.2, 0.25) is 5.91 Å². The molecule has 1 aromatic carbocycles. The van der Waals surface area contributed by atoms with Gasteiger partial charge in [-0.2, -0.15) is 5.10 Å². The Morgan fingerprint density at radius 3 is 2.46 bits per heavy atom. The fourth-order valence-electron chi connectivity index (χ4n) is 3.11. The van der Waals surface area contributed by atoms with Crippen LogP contribution < -0.4 is 10.9 Å². The monoisotopic (exact) mass is 357 g/mol. The van der Waals surface area contributed by atoms with E-state index in [1.165, 1.54) is 0 Å². The van der Waals surface area contributed by atoms with Gasteiger partial charge in [-0.1, -0.05) is 18.2 Å². The Bertz CT molecular complexity index is 869. The number of rotatable bonds is 4. The number of carbonyl (C=O) groups excluding carboxylic acids is 2. The van der Waals surface area contributed by atoms with E-state index >= 15 is 0 Å². The Balaban J connectivity index is 1.67. The molecule has 26 heavy (non-hydrogen) atoms. The van der Waals surface area contributed by atoms with Crippen molar-refractivity contribution in [2.75, 3.05) is 32.7 Å². The average Bonchev–Trinajstić information content (AvgIpc) is 2.62. The van der Waals surface area contributed by atoms with Crippen LogP contribution in [-0.2, 0) is 4.79 Å². The fourth-order valence-corrected chi connectivity index (χ4v) is 3.11. The maximum absolute atomic E-state index is 12.8. The molecule has 2 amide bonds. The molecule has 1 fully saturated rings. The van der Waals surface area contributed by atoms with E-state index in [1.54, 1.807) is 29.2 Å². The molecule has 1 aliphatic rings. The number of amides is 2. The van der Waals surface area contributed by atoms with Crippen molar-refractivity contribution in [3.63, 3.8) is 0 Å². The molecule has 0 unspecified atom stereocenters. The first-order valence-corrected chi connectivity index (χ1v) is 8.74. The average molecular weight is 357 g/mol. The summed E-state index contributed by atoms with van der Waals surface area (Å²) in [4.78, 5) is 40.3. The summed E-state index contributed by atoms with van der Waals surface area (Å²) < 4.78 is 0. The standard InChI is InChI=1S/C18H23N5O3/c1-12(2)19-15(24)11-22-7-9-23(10-8-22)18(26)16-13-5-3-4-6-14(13)17(25)21-20-16/h3-6,12H,7-11H2,1-2H3,(H,19,24)(H,21,25). The quantitative estimate of drug-likeness (QED) is 0.815. The molecule has 0 atom stereocenters. The number of H-pyrrole nitrogens is 1. The van der Waals surface area contributed by atoms with Crippen LogP contribution in [0.3, 0.4) is 0 Å². The molecule has 8 nitrogen and oxygen atoms in total. The van der Waals surface area contributed by atoms with E-state index in [9.17, 15) is 14.4 Å². The van der Waals surface area contributed by atoms with Gasteiger partial charge in [0.25, 0.3) is 11.5 Å². The van der Waals surface area contributed by atoms with E-state index in [0.717, 1.165) is 0 Å². The van der Waals surface area contributed by atoms with Crippen LogP contribution in [0.2, 0.25) is 0 Å². The summed E-state index contributed by atoms with van der Waals surface area (Å²) in [6.45, 7) is 6.47. The van der Waals surface area contributed by atoms with Gasteiger partial charge in [0, 0.05) is 37.6 Å². The number of nitrogens with one attached hydrogen (secondary N) is 2. The normalized spacial score (nSPS) is 15.4. The lowest BCUT2D eigenvalue weighted by Crippen LogP contribution is -2.51. The number of nitrogens with zero attached hydrogens (tertiary/aromatic N) is 3. The number of benzene rings is 1. The van der Waals surface area contributed by atoms with Crippen LogP contribution in [0, 0.1) is 0 Å². The number of aromatic nitrogens is 2. The maximum Gasteiger partial charge on any atom is 0.275 e. The van der Waals surface area contributed by atoms with Crippen molar-refractivity contribution < 1.29 is 9.59 Å². The summed E-state index contributed by atoms with van der Waals surface area (Å²) >= 11 is 0. The Labute approximate surface area is 151 Å².